The van der Waals surface area contributed by atoms with Gasteiger partial charge in [0, 0.05) is 16.3 Å². The van der Waals surface area contributed by atoms with Crippen LogP contribution in [-0.4, -0.2) is 5.97 Å². The standard InChI is InChI=1S/C21H18ClF2NO2/c22-12-7-13(21(26)27)19-16(8-12)25-20(11-3-4-14(23)15(24)6-11)18-10-2-1-9(5-10)17(18)19/h3-4,6-10,17-18,20,25H,1-2,5H2,(H,26,27)/p-1/t9-,10+,17-,18-,20+/m0/s1. The summed E-state index contributed by atoms with van der Waals surface area (Å²) >= 11 is 6.15. The van der Waals surface area contributed by atoms with Crippen molar-refractivity contribution in [1.29, 1.82) is 0 Å². The van der Waals surface area contributed by atoms with Crippen LogP contribution in [0.15, 0.2) is 30.3 Å². The molecular weight excluding hydrogens is 372 g/mol. The maximum atomic E-state index is 13.9. The number of carboxylic acids is 1. The molecule has 1 heterocycles. The fourth-order valence-electron chi connectivity index (χ4n) is 5.78. The third-order valence-corrected chi connectivity index (χ3v) is 6.90. The van der Waals surface area contributed by atoms with E-state index in [1.807, 2.05) is 0 Å². The molecule has 2 saturated carbocycles. The van der Waals surface area contributed by atoms with E-state index in [0.29, 0.717) is 28.1 Å². The van der Waals surface area contributed by atoms with Gasteiger partial charge in [-0.1, -0.05) is 17.7 Å². The maximum absolute atomic E-state index is 13.9. The molecule has 1 aliphatic heterocycles. The Balaban J connectivity index is 1.69. The summed E-state index contributed by atoms with van der Waals surface area (Å²) in [6.45, 7) is 0. The number of carbonyl (C=O) groups is 1. The Labute approximate surface area is 160 Å². The first-order valence-corrected chi connectivity index (χ1v) is 9.58. The van der Waals surface area contributed by atoms with Crippen molar-refractivity contribution in [3.63, 3.8) is 0 Å². The van der Waals surface area contributed by atoms with Gasteiger partial charge in [-0.15, -0.1) is 0 Å². The monoisotopic (exact) mass is 388 g/mol. The maximum Gasteiger partial charge on any atom is 0.159 e. The quantitative estimate of drug-likeness (QED) is 0.835. The van der Waals surface area contributed by atoms with Crippen molar-refractivity contribution in [2.75, 3.05) is 5.32 Å². The van der Waals surface area contributed by atoms with Crippen LogP contribution in [0, 0.1) is 29.4 Å². The second-order valence-corrected chi connectivity index (χ2v) is 8.37. The molecule has 0 radical (unpaired) electrons. The topological polar surface area (TPSA) is 52.2 Å². The van der Waals surface area contributed by atoms with E-state index in [-0.39, 0.29) is 23.4 Å². The molecule has 27 heavy (non-hydrogen) atoms. The number of hydrogen-bond donors (Lipinski definition) is 1. The molecule has 0 unspecified atom stereocenters. The molecule has 2 aliphatic carbocycles. The van der Waals surface area contributed by atoms with Crippen molar-refractivity contribution in [2.24, 2.45) is 17.8 Å². The molecule has 2 bridgehead atoms. The number of benzene rings is 2. The first-order chi connectivity index (χ1) is 12.9. The highest BCUT2D eigenvalue weighted by Gasteiger charge is 2.54. The molecule has 0 saturated heterocycles. The second-order valence-electron chi connectivity index (χ2n) is 7.93. The third-order valence-electron chi connectivity index (χ3n) is 6.68. The SMILES string of the molecule is O=C([O-])c1cc(Cl)cc2c1[C@H]1[C@H]3CC[C@H](C3)[C@@H]1[C@@H](c1ccc(F)c(F)c1)N2. The smallest absolute Gasteiger partial charge is 0.159 e. The van der Waals surface area contributed by atoms with Gasteiger partial charge in [0.25, 0.3) is 0 Å². The summed E-state index contributed by atoms with van der Waals surface area (Å²) in [6.07, 6.45) is 3.17. The summed E-state index contributed by atoms with van der Waals surface area (Å²) in [4.78, 5) is 11.8. The number of nitrogens with one attached hydrogen (secondary N) is 1. The van der Waals surface area contributed by atoms with Crippen molar-refractivity contribution in [1.82, 2.24) is 0 Å². The summed E-state index contributed by atoms with van der Waals surface area (Å²) in [6, 6.07) is 6.96. The third kappa shape index (κ3) is 2.48. The van der Waals surface area contributed by atoms with E-state index in [0.717, 1.165) is 30.9 Å². The van der Waals surface area contributed by atoms with E-state index in [4.69, 9.17) is 11.6 Å². The van der Waals surface area contributed by atoms with Crippen molar-refractivity contribution in [2.45, 2.75) is 31.2 Å². The molecule has 0 spiro atoms. The van der Waals surface area contributed by atoms with Gasteiger partial charge in [0.2, 0.25) is 0 Å². The molecule has 0 amide bonds. The molecule has 3 aliphatic rings. The number of rotatable bonds is 2. The number of carbonyl (C=O) groups excluding carboxylic acids is 1. The number of aromatic carboxylic acids is 1. The number of carboxylic acid groups (broad SMARTS) is 1. The Morgan fingerprint density at radius 2 is 1.89 bits per heavy atom. The fourth-order valence-corrected chi connectivity index (χ4v) is 6.00. The summed E-state index contributed by atoms with van der Waals surface area (Å²) < 4.78 is 27.3. The van der Waals surface area contributed by atoms with Gasteiger partial charge < -0.3 is 15.2 Å². The number of fused-ring (bicyclic) bond motifs is 7. The molecule has 3 nitrogen and oxygen atoms in total. The zero-order valence-electron chi connectivity index (χ0n) is 14.3. The van der Waals surface area contributed by atoms with E-state index < -0.39 is 17.6 Å². The van der Waals surface area contributed by atoms with Crippen LogP contribution in [0.5, 0.6) is 0 Å². The largest absolute Gasteiger partial charge is 0.545 e. The average Bonchev–Trinajstić information content (AvgIpc) is 3.24. The molecule has 2 aromatic carbocycles. The Kier molecular flexibility index (Phi) is 3.73. The van der Waals surface area contributed by atoms with Gasteiger partial charge in [-0.05, 0) is 78.3 Å². The number of halogens is 3. The molecule has 2 aromatic rings. The van der Waals surface area contributed by atoms with Gasteiger partial charge in [-0.3, -0.25) is 0 Å². The van der Waals surface area contributed by atoms with Gasteiger partial charge in [0.05, 0.1) is 12.0 Å². The van der Waals surface area contributed by atoms with E-state index in [1.165, 1.54) is 12.1 Å². The Morgan fingerprint density at radius 3 is 2.63 bits per heavy atom. The summed E-state index contributed by atoms with van der Waals surface area (Å²) in [5.74, 6) is -1.95. The average molecular weight is 389 g/mol. The highest BCUT2D eigenvalue weighted by molar-refractivity contribution is 6.31. The van der Waals surface area contributed by atoms with Crippen LogP contribution in [0.3, 0.4) is 0 Å². The minimum atomic E-state index is -1.23. The molecule has 140 valence electrons. The second kappa shape index (κ2) is 5.93. The first-order valence-electron chi connectivity index (χ1n) is 9.20. The molecule has 0 aromatic heterocycles. The summed E-state index contributed by atoms with van der Waals surface area (Å²) in [5.41, 5.74) is 2.23. The molecular formula is C21H17ClF2NO2-. The van der Waals surface area contributed by atoms with Crippen molar-refractivity contribution >= 4 is 23.3 Å². The van der Waals surface area contributed by atoms with Gasteiger partial charge in [-0.2, -0.15) is 0 Å². The van der Waals surface area contributed by atoms with Gasteiger partial charge >= 0.3 is 0 Å². The molecule has 5 rings (SSSR count). The predicted octanol–water partition coefficient (Wildman–Crippen LogP) is 4.28. The molecule has 6 heteroatoms. The van der Waals surface area contributed by atoms with E-state index in [9.17, 15) is 18.7 Å². The summed E-state index contributed by atoms with van der Waals surface area (Å²) in [5, 5.41) is 15.5. The fraction of sp³-hybridized carbons (Fsp3) is 0.381. The van der Waals surface area contributed by atoms with Crippen molar-refractivity contribution in [3.8, 4) is 0 Å². The van der Waals surface area contributed by atoms with Crippen molar-refractivity contribution < 1.29 is 18.7 Å². The minimum absolute atomic E-state index is 0.0586. The van der Waals surface area contributed by atoms with E-state index in [1.54, 1.807) is 12.1 Å². The molecule has 2 fully saturated rings. The summed E-state index contributed by atoms with van der Waals surface area (Å²) in [7, 11) is 0. The molecule has 1 N–H and O–H groups in total. The van der Waals surface area contributed by atoms with Crippen LogP contribution >= 0.6 is 11.6 Å². The predicted molar refractivity (Wildman–Crippen MR) is 95.6 cm³/mol. The van der Waals surface area contributed by atoms with Crippen LogP contribution in [0.2, 0.25) is 5.02 Å². The highest BCUT2D eigenvalue weighted by atomic mass is 35.5. The van der Waals surface area contributed by atoms with Crippen LogP contribution in [0.4, 0.5) is 14.5 Å². The Morgan fingerprint density at radius 1 is 1.11 bits per heavy atom. The van der Waals surface area contributed by atoms with Crippen LogP contribution in [0.1, 0.15) is 52.7 Å². The number of hydrogen-bond acceptors (Lipinski definition) is 3. The lowest BCUT2D eigenvalue weighted by atomic mass is 9.67. The van der Waals surface area contributed by atoms with Gasteiger partial charge in [0.1, 0.15) is 0 Å². The zero-order chi connectivity index (χ0) is 18.9. The van der Waals surface area contributed by atoms with Gasteiger partial charge in [-0.25, -0.2) is 8.78 Å². The Hall–Kier alpha value is -2.14. The lowest BCUT2D eigenvalue weighted by Crippen LogP contribution is -2.37. The molecule has 5 atom stereocenters. The minimum Gasteiger partial charge on any atom is -0.545 e. The Bertz CT molecular complexity index is 963. The van der Waals surface area contributed by atoms with Crippen LogP contribution in [0.25, 0.3) is 0 Å². The highest BCUT2D eigenvalue weighted by Crippen LogP contribution is 2.64. The lowest BCUT2D eigenvalue weighted by Gasteiger charge is -2.44. The van der Waals surface area contributed by atoms with E-state index in [2.05, 4.69) is 5.32 Å². The van der Waals surface area contributed by atoms with Crippen molar-refractivity contribution in [3.05, 3.63) is 63.7 Å². The van der Waals surface area contributed by atoms with E-state index >= 15 is 0 Å². The first kappa shape index (κ1) is 17.0. The van der Waals surface area contributed by atoms with Gasteiger partial charge in [0.15, 0.2) is 11.6 Å². The normalized spacial score (nSPS) is 30.6. The number of anilines is 1. The zero-order valence-corrected chi connectivity index (χ0v) is 15.1. The van der Waals surface area contributed by atoms with Crippen LogP contribution < -0.4 is 10.4 Å². The van der Waals surface area contributed by atoms with Crippen LogP contribution in [-0.2, 0) is 0 Å². The lowest BCUT2D eigenvalue weighted by molar-refractivity contribution is -0.255.